The fourth-order valence-electron chi connectivity index (χ4n) is 2.92. The molecule has 0 heterocycles. The van der Waals surface area contributed by atoms with Crippen molar-refractivity contribution in [3.8, 4) is 0 Å². The number of carboxylic acids is 2. The molecule has 0 aromatic heterocycles. The number of likely N-dealkylation sites (N-methyl/N-ethyl adjacent to an activating group) is 1. The Morgan fingerprint density at radius 1 is 0.593 bits per heavy atom. The van der Waals surface area contributed by atoms with E-state index in [2.05, 4.69) is 6.92 Å². The number of hydrogen-bond donors (Lipinski definition) is 2. The van der Waals surface area contributed by atoms with Gasteiger partial charge in [-0.05, 0) is 20.5 Å². The van der Waals surface area contributed by atoms with Crippen LogP contribution in [0.25, 0.3) is 0 Å². The van der Waals surface area contributed by atoms with Crippen molar-refractivity contribution in [3.63, 3.8) is 0 Å². The van der Waals surface area contributed by atoms with Crippen molar-refractivity contribution in [1.29, 1.82) is 0 Å². The molecule has 0 aliphatic carbocycles. The summed E-state index contributed by atoms with van der Waals surface area (Å²) < 4.78 is 0. The second kappa shape index (κ2) is 22.9. The number of unbranched alkanes of at least 4 members (excludes halogenated alkanes) is 14. The third-order valence-electron chi connectivity index (χ3n) is 4.45. The largest absolute Gasteiger partial charge is 0.481 e. The highest BCUT2D eigenvalue weighted by Gasteiger charge is 1.97. The van der Waals surface area contributed by atoms with E-state index in [4.69, 9.17) is 10.2 Å². The van der Waals surface area contributed by atoms with Gasteiger partial charge in [-0.25, -0.2) is 0 Å². The SMILES string of the molecule is CCCCCCCCCCCCCCCCCC(=O)O.CN(C)CC(=O)O. The number of hydrogen-bond acceptors (Lipinski definition) is 3. The van der Waals surface area contributed by atoms with Crippen molar-refractivity contribution >= 4 is 11.9 Å². The summed E-state index contributed by atoms with van der Waals surface area (Å²) in [6, 6.07) is 0. The van der Waals surface area contributed by atoms with Gasteiger partial charge >= 0.3 is 11.9 Å². The van der Waals surface area contributed by atoms with Crippen LogP contribution in [0.15, 0.2) is 0 Å². The molecule has 0 saturated heterocycles. The number of carboxylic acid groups (broad SMARTS) is 2. The Balaban J connectivity index is 0. The van der Waals surface area contributed by atoms with Crippen LogP contribution in [0.4, 0.5) is 0 Å². The van der Waals surface area contributed by atoms with Crippen LogP contribution in [-0.2, 0) is 9.59 Å². The molecule has 5 heteroatoms. The van der Waals surface area contributed by atoms with E-state index in [1.807, 2.05) is 0 Å². The molecule has 0 aliphatic rings. The summed E-state index contributed by atoms with van der Waals surface area (Å²) in [7, 11) is 3.43. The molecule has 2 N–H and O–H groups in total. The Kier molecular flexibility index (Phi) is 23.9. The minimum Gasteiger partial charge on any atom is -0.481 e. The van der Waals surface area contributed by atoms with Gasteiger partial charge in [0, 0.05) is 6.42 Å². The van der Waals surface area contributed by atoms with Crippen LogP contribution in [0.5, 0.6) is 0 Å². The van der Waals surface area contributed by atoms with Crippen LogP contribution in [-0.4, -0.2) is 47.7 Å². The molecule has 0 spiro atoms. The topological polar surface area (TPSA) is 77.8 Å². The molecule has 0 aromatic rings. The van der Waals surface area contributed by atoms with Crippen LogP contribution in [0.1, 0.15) is 110 Å². The molecule has 0 radical (unpaired) electrons. The molecular formula is C22H45NO4. The maximum absolute atomic E-state index is 10.3. The summed E-state index contributed by atoms with van der Waals surface area (Å²) in [5.74, 6) is -1.44. The van der Waals surface area contributed by atoms with Crippen LogP contribution < -0.4 is 0 Å². The number of aliphatic carboxylic acids is 2. The predicted octanol–water partition coefficient (Wildman–Crippen LogP) is 5.97. The monoisotopic (exact) mass is 387 g/mol. The first-order valence-electron chi connectivity index (χ1n) is 11.0. The fourth-order valence-corrected chi connectivity index (χ4v) is 2.92. The third-order valence-corrected chi connectivity index (χ3v) is 4.45. The lowest BCUT2D eigenvalue weighted by atomic mass is 10.0. The molecule has 0 fully saturated rings. The average Bonchev–Trinajstić information content (AvgIpc) is 2.57. The Bertz CT molecular complexity index is 332. The molecule has 0 atom stereocenters. The maximum atomic E-state index is 10.3. The zero-order valence-electron chi connectivity index (χ0n) is 18.2. The van der Waals surface area contributed by atoms with Gasteiger partial charge in [0.15, 0.2) is 0 Å². The van der Waals surface area contributed by atoms with Crippen molar-refractivity contribution in [3.05, 3.63) is 0 Å². The number of rotatable bonds is 18. The van der Waals surface area contributed by atoms with Gasteiger partial charge in [-0.3, -0.25) is 14.5 Å². The van der Waals surface area contributed by atoms with Crippen molar-refractivity contribution in [2.45, 2.75) is 110 Å². The van der Waals surface area contributed by atoms with E-state index < -0.39 is 11.9 Å². The van der Waals surface area contributed by atoms with Gasteiger partial charge < -0.3 is 10.2 Å². The standard InChI is InChI=1S/C18H36O2.C4H9NO2/c1-2-3-4-5-6-7-8-9-10-11-12-13-14-15-16-17-18(19)20;1-5(2)3-4(6)7/h2-17H2,1H3,(H,19,20);3H2,1-2H3,(H,6,7). The van der Waals surface area contributed by atoms with E-state index in [9.17, 15) is 9.59 Å². The summed E-state index contributed by atoms with van der Waals surface area (Å²) in [6.45, 7) is 2.38. The first-order chi connectivity index (χ1) is 12.9. The smallest absolute Gasteiger partial charge is 0.317 e. The molecule has 0 aromatic carbocycles. The van der Waals surface area contributed by atoms with E-state index in [0.29, 0.717) is 6.42 Å². The van der Waals surface area contributed by atoms with Crippen molar-refractivity contribution in [2.75, 3.05) is 20.6 Å². The van der Waals surface area contributed by atoms with Gasteiger partial charge in [0.05, 0.1) is 6.54 Å². The Labute approximate surface area is 167 Å². The van der Waals surface area contributed by atoms with E-state index in [-0.39, 0.29) is 6.54 Å². The summed E-state index contributed by atoms with van der Waals surface area (Å²) >= 11 is 0. The summed E-state index contributed by atoms with van der Waals surface area (Å²) in [5, 5.41) is 16.6. The molecular weight excluding hydrogens is 342 g/mol. The quantitative estimate of drug-likeness (QED) is 0.283. The Morgan fingerprint density at radius 3 is 1.15 bits per heavy atom. The molecule has 0 amide bonds. The highest BCUT2D eigenvalue weighted by atomic mass is 16.4. The average molecular weight is 388 g/mol. The highest BCUT2D eigenvalue weighted by Crippen LogP contribution is 2.13. The van der Waals surface area contributed by atoms with Gasteiger partial charge in [0.25, 0.3) is 0 Å². The Morgan fingerprint density at radius 2 is 0.926 bits per heavy atom. The number of nitrogens with zero attached hydrogens (tertiary/aromatic N) is 1. The highest BCUT2D eigenvalue weighted by molar-refractivity contribution is 5.68. The molecule has 5 nitrogen and oxygen atoms in total. The van der Waals surface area contributed by atoms with Gasteiger partial charge in [-0.2, -0.15) is 0 Å². The predicted molar refractivity (Wildman–Crippen MR) is 113 cm³/mol. The van der Waals surface area contributed by atoms with Crippen LogP contribution in [0.2, 0.25) is 0 Å². The van der Waals surface area contributed by atoms with Crippen LogP contribution in [0, 0.1) is 0 Å². The normalized spacial score (nSPS) is 10.5. The summed E-state index contributed by atoms with van der Waals surface area (Å²) in [5.41, 5.74) is 0. The zero-order chi connectivity index (χ0) is 20.8. The van der Waals surface area contributed by atoms with Crippen LogP contribution in [0.3, 0.4) is 0 Å². The van der Waals surface area contributed by atoms with Crippen molar-refractivity contribution in [1.82, 2.24) is 4.90 Å². The van der Waals surface area contributed by atoms with Crippen LogP contribution >= 0.6 is 0 Å². The van der Waals surface area contributed by atoms with Gasteiger partial charge in [-0.1, -0.05) is 96.8 Å². The van der Waals surface area contributed by atoms with Gasteiger partial charge in [0.1, 0.15) is 0 Å². The lowest BCUT2D eigenvalue weighted by molar-refractivity contribution is -0.138. The summed E-state index contributed by atoms with van der Waals surface area (Å²) in [4.78, 5) is 21.7. The number of carbonyl (C=O) groups is 2. The van der Waals surface area contributed by atoms with Crippen molar-refractivity contribution in [2.24, 2.45) is 0 Å². The first-order valence-corrected chi connectivity index (χ1v) is 11.0. The second-order valence-electron chi connectivity index (χ2n) is 7.73. The van der Waals surface area contributed by atoms with E-state index in [1.165, 1.54) is 83.5 Å². The molecule has 162 valence electrons. The second-order valence-corrected chi connectivity index (χ2v) is 7.73. The molecule has 0 bridgehead atoms. The first kappa shape index (κ1) is 28.1. The van der Waals surface area contributed by atoms with E-state index >= 15 is 0 Å². The molecule has 0 rings (SSSR count). The van der Waals surface area contributed by atoms with E-state index in [0.717, 1.165) is 12.8 Å². The maximum Gasteiger partial charge on any atom is 0.317 e. The summed E-state index contributed by atoms with van der Waals surface area (Å²) in [6.07, 6.45) is 20.2. The molecule has 0 unspecified atom stereocenters. The lowest BCUT2D eigenvalue weighted by Gasteiger charge is -2.03. The molecule has 27 heavy (non-hydrogen) atoms. The molecule has 0 saturated carbocycles. The fraction of sp³-hybridized carbons (Fsp3) is 0.909. The minimum atomic E-state index is -0.787. The van der Waals surface area contributed by atoms with E-state index in [1.54, 1.807) is 19.0 Å². The van der Waals surface area contributed by atoms with Crippen molar-refractivity contribution < 1.29 is 19.8 Å². The van der Waals surface area contributed by atoms with Gasteiger partial charge in [-0.15, -0.1) is 0 Å². The lowest BCUT2D eigenvalue weighted by Crippen LogP contribution is -2.20. The third kappa shape index (κ3) is 33.0. The minimum absolute atomic E-state index is 0.111. The van der Waals surface area contributed by atoms with Gasteiger partial charge in [0.2, 0.25) is 0 Å². The Hall–Kier alpha value is -1.10. The molecule has 0 aliphatic heterocycles. The zero-order valence-corrected chi connectivity index (χ0v) is 18.2.